The van der Waals surface area contributed by atoms with Gasteiger partial charge in [-0.1, -0.05) is 13.0 Å². The van der Waals surface area contributed by atoms with Crippen LogP contribution in [0.15, 0.2) is 23.3 Å². The average Bonchev–Trinajstić information content (AvgIpc) is 2.38. The summed E-state index contributed by atoms with van der Waals surface area (Å²) < 4.78 is 0. The molecule has 1 aromatic carbocycles. The lowest BCUT2D eigenvalue weighted by atomic mass is 9.68. The molecular formula is C14H15N3O2. The normalized spacial score (nSPS) is 24.7. The van der Waals surface area contributed by atoms with E-state index in [1.165, 1.54) is 5.56 Å². The lowest BCUT2D eigenvalue weighted by Gasteiger charge is -2.38. The predicted octanol–water partition coefficient (Wildman–Crippen LogP) is 1.43. The third-order valence-electron chi connectivity index (χ3n) is 3.95. The minimum atomic E-state index is -0.172. The van der Waals surface area contributed by atoms with E-state index in [1.807, 2.05) is 18.2 Å². The average molecular weight is 257 g/mol. The van der Waals surface area contributed by atoms with Crippen molar-refractivity contribution in [1.82, 2.24) is 5.43 Å². The van der Waals surface area contributed by atoms with E-state index in [0.717, 1.165) is 29.8 Å². The van der Waals surface area contributed by atoms with Gasteiger partial charge in [-0.2, -0.15) is 5.10 Å². The molecule has 0 saturated heterocycles. The second-order valence-corrected chi connectivity index (χ2v) is 5.37. The third-order valence-corrected chi connectivity index (χ3v) is 3.95. The summed E-state index contributed by atoms with van der Waals surface area (Å²) in [5.74, 6) is -0.0195. The quantitative estimate of drug-likeness (QED) is 0.787. The molecule has 5 nitrogen and oxygen atoms in total. The summed E-state index contributed by atoms with van der Waals surface area (Å²) in [7, 11) is 0. The SMILES string of the molecule is CC12CCc3cc(NC=O)ccc3C1=NNC(=O)C2. The highest BCUT2D eigenvalue weighted by Gasteiger charge is 2.40. The number of amides is 2. The Balaban J connectivity index is 2.05. The smallest absolute Gasteiger partial charge is 0.241 e. The molecule has 2 N–H and O–H groups in total. The van der Waals surface area contributed by atoms with Crippen molar-refractivity contribution in [2.24, 2.45) is 10.5 Å². The molecule has 1 atom stereocenters. The van der Waals surface area contributed by atoms with Gasteiger partial charge in [0.1, 0.15) is 0 Å². The van der Waals surface area contributed by atoms with Crippen molar-refractivity contribution in [3.8, 4) is 0 Å². The lowest BCUT2D eigenvalue weighted by Crippen LogP contribution is -2.43. The molecule has 0 fully saturated rings. The highest BCUT2D eigenvalue weighted by Crippen LogP contribution is 2.40. The summed E-state index contributed by atoms with van der Waals surface area (Å²) in [6, 6.07) is 5.80. The number of nitrogens with one attached hydrogen (secondary N) is 2. The van der Waals surface area contributed by atoms with Crippen LogP contribution in [0, 0.1) is 5.41 Å². The number of fused-ring (bicyclic) bond motifs is 3. The molecule has 19 heavy (non-hydrogen) atoms. The Bertz CT molecular complexity index is 594. The molecule has 3 rings (SSSR count). The molecule has 2 amide bonds. The Morgan fingerprint density at radius 1 is 1.47 bits per heavy atom. The van der Waals surface area contributed by atoms with Crippen molar-refractivity contribution >= 4 is 23.7 Å². The number of nitrogens with zero attached hydrogens (tertiary/aromatic N) is 1. The van der Waals surface area contributed by atoms with Crippen LogP contribution in [0.5, 0.6) is 0 Å². The number of benzene rings is 1. The van der Waals surface area contributed by atoms with Crippen molar-refractivity contribution in [3.05, 3.63) is 29.3 Å². The molecule has 0 spiro atoms. The Hall–Kier alpha value is -2.17. The molecule has 0 radical (unpaired) electrons. The van der Waals surface area contributed by atoms with Crippen LogP contribution in [0.2, 0.25) is 0 Å². The first-order chi connectivity index (χ1) is 9.12. The van der Waals surface area contributed by atoms with E-state index in [4.69, 9.17) is 0 Å². The van der Waals surface area contributed by atoms with Gasteiger partial charge in [0.2, 0.25) is 12.3 Å². The summed E-state index contributed by atoms with van der Waals surface area (Å²) >= 11 is 0. The van der Waals surface area contributed by atoms with Gasteiger partial charge in [0, 0.05) is 23.1 Å². The van der Waals surface area contributed by atoms with E-state index < -0.39 is 0 Å². The van der Waals surface area contributed by atoms with E-state index >= 15 is 0 Å². The van der Waals surface area contributed by atoms with Crippen LogP contribution in [-0.4, -0.2) is 18.0 Å². The van der Waals surface area contributed by atoms with Crippen molar-refractivity contribution in [1.29, 1.82) is 0 Å². The molecule has 0 aromatic heterocycles. The molecule has 0 bridgehead atoms. The predicted molar refractivity (Wildman–Crippen MR) is 71.9 cm³/mol. The van der Waals surface area contributed by atoms with E-state index in [2.05, 4.69) is 22.8 Å². The fourth-order valence-corrected chi connectivity index (χ4v) is 2.92. The topological polar surface area (TPSA) is 70.6 Å². The lowest BCUT2D eigenvalue weighted by molar-refractivity contribution is -0.123. The van der Waals surface area contributed by atoms with E-state index in [9.17, 15) is 9.59 Å². The molecule has 1 heterocycles. The van der Waals surface area contributed by atoms with Gasteiger partial charge in [-0.05, 0) is 30.5 Å². The van der Waals surface area contributed by atoms with Gasteiger partial charge in [-0.3, -0.25) is 9.59 Å². The summed E-state index contributed by atoms with van der Waals surface area (Å²) in [5.41, 5.74) is 6.37. The number of carbonyl (C=O) groups excluding carboxylic acids is 2. The van der Waals surface area contributed by atoms with Crippen LogP contribution < -0.4 is 10.7 Å². The highest BCUT2D eigenvalue weighted by atomic mass is 16.2. The highest BCUT2D eigenvalue weighted by molar-refractivity contribution is 6.10. The summed E-state index contributed by atoms with van der Waals surface area (Å²) in [4.78, 5) is 22.0. The largest absolute Gasteiger partial charge is 0.329 e. The molecule has 1 aliphatic heterocycles. The summed E-state index contributed by atoms with van der Waals surface area (Å²) in [5, 5.41) is 6.90. The molecule has 1 unspecified atom stereocenters. The van der Waals surface area contributed by atoms with E-state index in [1.54, 1.807) is 0 Å². The fraction of sp³-hybridized carbons (Fsp3) is 0.357. The minimum Gasteiger partial charge on any atom is -0.329 e. The van der Waals surface area contributed by atoms with E-state index in [-0.39, 0.29) is 11.3 Å². The first-order valence-corrected chi connectivity index (χ1v) is 6.33. The molecule has 5 heteroatoms. The van der Waals surface area contributed by atoms with Gasteiger partial charge in [0.25, 0.3) is 0 Å². The molecule has 2 aliphatic rings. The van der Waals surface area contributed by atoms with Gasteiger partial charge in [0.15, 0.2) is 0 Å². The first kappa shape index (κ1) is 11.9. The number of hydrazone groups is 1. The van der Waals surface area contributed by atoms with Crippen molar-refractivity contribution in [2.75, 3.05) is 5.32 Å². The number of aryl methyl sites for hydroxylation is 1. The van der Waals surface area contributed by atoms with Crippen LogP contribution in [0.25, 0.3) is 0 Å². The van der Waals surface area contributed by atoms with Crippen molar-refractivity contribution < 1.29 is 9.59 Å². The summed E-state index contributed by atoms with van der Waals surface area (Å²) in [6.07, 6.45) is 2.95. The van der Waals surface area contributed by atoms with E-state index in [0.29, 0.717) is 12.8 Å². The van der Waals surface area contributed by atoms with Crippen LogP contribution in [0.4, 0.5) is 5.69 Å². The zero-order valence-electron chi connectivity index (χ0n) is 10.7. The molecule has 98 valence electrons. The number of rotatable bonds is 2. The molecule has 1 aromatic rings. The Kier molecular flexibility index (Phi) is 2.62. The molecular weight excluding hydrogens is 242 g/mol. The first-order valence-electron chi connectivity index (χ1n) is 6.33. The molecule has 0 saturated carbocycles. The number of anilines is 1. The van der Waals surface area contributed by atoms with Gasteiger partial charge < -0.3 is 5.32 Å². The fourth-order valence-electron chi connectivity index (χ4n) is 2.92. The number of hydrogen-bond donors (Lipinski definition) is 2. The zero-order valence-corrected chi connectivity index (χ0v) is 10.7. The maximum atomic E-state index is 11.5. The van der Waals surface area contributed by atoms with Gasteiger partial charge >= 0.3 is 0 Å². The zero-order chi connectivity index (χ0) is 13.5. The van der Waals surface area contributed by atoms with Crippen LogP contribution >= 0.6 is 0 Å². The maximum absolute atomic E-state index is 11.5. The monoisotopic (exact) mass is 257 g/mol. The van der Waals surface area contributed by atoms with Crippen molar-refractivity contribution in [3.63, 3.8) is 0 Å². The Labute approximate surface area is 111 Å². The number of hydrogen-bond acceptors (Lipinski definition) is 3. The Morgan fingerprint density at radius 2 is 2.32 bits per heavy atom. The van der Waals surface area contributed by atoms with Crippen molar-refractivity contribution in [2.45, 2.75) is 26.2 Å². The van der Waals surface area contributed by atoms with Crippen LogP contribution in [-0.2, 0) is 16.0 Å². The van der Waals surface area contributed by atoms with Gasteiger partial charge in [-0.15, -0.1) is 0 Å². The summed E-state index contributed by atoms with van der Waals surface area (Å²) in [6.45, 7) is 2.09. The minimum absolute atomic E-state index is 0.0195. The van der Waals surface area contributed by atoms with Gasteiger partial charge in [0.05, 0.1) is 5.71 Å². The second kappa shape index (κ2) is 4.19. The molecule has 1 aliphatic carbocycles. The second-order valence-electron chi connectivity index (χ2n) is 5.37. The standard InChI is InChI=1S/C14H15N3O2/c1-14-5-4-9-6-10(15-8-18)2-3-11(9)13(14)17-16-12(19)7-14/h2-3,6,8H,4-5,7H2,1H3,(H,15,18)(H,16,19). The number of carbonyl (C=O) groups is 2. The van der Waals surface area contributed by atoms with Crippen LogP contribution in [0.1, 0.15) is 30.9 Å². The maximum Gasteiger partial charge on any atom is 0.241 e. The third kappa shape index (κ3) is 1.91. The Morgan fingerprint density at radius 3 is 3.11 bits per heavy atom. The van der Waals surface area contributed by atoms with Gasteiger partial charge in [-0.25, -0.2) is 5.43 Å². The van der Waals surface area contributed by atoms with Crippen LogP contribution in [0.3, 0.4) is 0 Å².